The van der Waals surface area contributed by atoms with Crippen molar-refractivity contribution in [3.05, 3.63) is 65.6 Å². The lowest BCUT2D eigenvalue weighted by atomic mass is 9.86. The Labute approximate surface area is 159 Å². The Morgan fingerprint density at radius 2 is 2.07 bits per heavy atom. The van der Waals surface area contributed by atoms with E-state index in [9.17, 15) is 9.59 Å². The Balaban J connectivity index is 1.98. The molecule has 1 atom stereocenters. The molecule has 1 unspecified atom stereocenters. The molecule has 1 N–H and O–H groups in total. The third-order valence-corrected chi connectivity index (χ3v) is 5.17. The highest BCUT2D eigenvalue weighted by atomic mass is 16.2. The van der Waals surface area contributed by atoms with E-state index in [0.29, 0.717) is 18.4 Å². The van der Waals surface area contributed by atoms with Crippen molar-refractivity contribution >= 4 is 23.1 Å². The molecule has 5 nitrogen and oxygen atoms in total. The fraction of sp³-hybridized carbons (Fsp3) is 0.318. The number of ketones is 1. The third kappa shape index (κ3) is 3.14. The first-order valence-corrected chi connectivity index (χ1v) is 9.55. The number of hydrogen-bond acceptors (Lipinski definition) is 4. The molecule has 1 aromatic heterocycles. The molecule has 138 valence electrons. The molecule has 1 amide bonds. The number of pyridine rings is 1. The van der Waals surface area contributed by atoms with Gasteiger partial charge in [-0.25, -0.2) is 0 Å². The molecular weight excluding hydrogens is 338 g/mol. The molecule has 0 bridgehead atoms. The molecular formula is C22H23N3O2. The predicted molar refractivity (Wildman–Crippen MR) is 105 cm³/mol. The smallest absolute Gasteiger partial charge is 0.227 e. The number of fused-ring (bicyclic) bond motifs is 1. The largest absolute Gasteiger partial charge is 0.357 e. The van der Waals surface area contributed by atoms with Crippen molar-refractivity contribution < 1.29 is 9.59 Å². The second-order valence-corrected chi connectivity index (χ2v) is 7.01. The quantitative estimate of drug-likeness (QED) is 0.881. The predicted octanol–water partition coefficient (Wildman–Crippen LogP) is 4.39. The van der Waals surface area contributed by atoms with Crippen LogP contribution in [0.15, 0.2) is 60.1 Å². The molecule has 0 spiro atoms. The number of rotatable bonds is 3. The van der Waals surface area contributed by atoms with E-state index in [2.05, 4.69) is 10.3 Å². The number of carbonyl (C=O) groups excluding carboxylic acids is 2. The first kappa shape index (κ1) is 17.5. The van der Waals surface area contributed by atoms with Crippen LogP contribution in [0.1, 0.15) is 50.6 Å². The standard InChI is InChI=1S/C22H23N3O2/c1-2-7-20(27)25-18-11-4-3-9-16(18)24-17-10-5-12-19(26)21(17)22(25)15-8-6-13-23-14-15/h3-4,6,8-9,11,13-14,22,24H,2,5,7,10,12H2,1H3. The lowest BCUT2D eigenvalue weighted by Crippen LogP contribution is -2.37. The van der Waals surface area contributed by atoms with Crippen molar-refractivity contribution in [2.45, 2.75) is 45.1 Å². The van der Waals surface area contributed by atoms with Crippen LogP contribution >= 0.6 is 0 Å². The first-order valence-electron chi connectivity index (χ1n) is 9.55. The molecule has 0 saturated carbocycles. The summed E-state index contributed by atoms with van der Waals surface area (Å²) in [6.07, 6.45) is 6.81. The number of anilines is 2. The van der Waals surface area contributed by atoms with E-state index in [1.807, 2.05) is 43.3 Å². The number of amides is 1. The number of nitrogens with one attached hydrogen (secondary N) is 1. The van der Waals surface area contributed by atoms with E-state index in [0.717, 1.165) is 41.9 Å². The summed E-state index contributed by atoms with van der Waals surface area (Å²) in [6, 6.07) is 11.2. The molecule has 0 saturated heterocycles. The van der Waals surface area contributed by atoms with Gasteiger partial charge in [0.05, 0.1) is 17.4 Å². The summed E-state index contributed by atoms with van der Waals surface area (Å²) < 4.78 is 0. The van der Waals surface area contributed by atoms with Crippen LogP contribution in [0.25, 0.3) is 0 Å². The number of Topliss-reactive ketones (excluding diaryl/α,β-unsaturated/α-hetero) is 1. The third-order valence-electron chi connectivity index (χ3n) is 5.17. The van der Waals surface area contributed by atoms with Crippen molar-refractivity contribution in [1.82, 2.24) is 4.98 Å². The number of carbonyl (C=O) groups is 2. The van der Waals surface area contributed by atoms with Gasteiger partial charge in [0.15, 0.2) is 5.78 Å². The van der Waals surface area contributed by atoms with E-state index in [1.54, 1.807) is 17.3 Å². The molecule has 0 fully saturated rings. The molecule has 0 radical (unpaired) electrons. The summed E-state index contributed by atoms with van der Waals surface area (Å²) in [5, 5.41) is 3.46. The highest BCUT2D eigenvalue weighted by Gasteiger charge is 2.39. The molecule has 2 aromatic rings. The topological polar surface area (TPSA) is 62.3 Å². The minimum Gasteiger partial charge on any atom is -0.357 e. The second kappa shape index (κ2) is 7.35. The van der Waals surface area contributed by atoms with Crippen LogP contribution in [0.3, 0.4) is 0 Å². The van der Waals surface area contributed by atoms with Crippen molar-refractivity contribution in [3.8, 4) is 0 Å². The second-order valence-electron chi connectivity index (χ2n) is 7.01. The molecule has 27 heavy (non-hydrogen) atoms. The summed E-state index contributed by atoms with van der Waals surface area (Å²) in [4.78, 5) is 32.3. The van der Waals surface area contributed by atoms with Crippen molar-refractivity contribution in [2.75, 3.05) is 10.2 Å². The van der Waals surface area contributed by atoms with Gasteiger partial charge in [-0.15, -0.1) is 0 Å². The average Bonchev–Trinajstić information content (AvgIpc) is 2.84. The molecule has 2 aliphatic rings. The lowest BCUT2D eigenvalue weighted by Gasteiger charge is -2.33. The van der Waals surface area contributed by atoms with Crippen molar-refractivity contribution in [3.63, 3.8) is 0 Å². The minimum absolute atomic E-state index is 0.0210. The van der Waals surface area contributed by atoms with E-state index >= 15 is 0 Å². The van der Waals surface area contributed by atoms with Crippen LogP contribution < -0.4 is 10.2 Å². The molecule has 1 aliphatic carbocycles. The van der Waals surface area contributed by atoms with E-state index in [-0.39, 0.29) is 11.7 Å². The van der Waals surface area contributed by atoms with Gasteiger partial charge in [0.2, 0.25) is 5.91 Å². The van der Waals surface area contributed by atoms with Gasteiger partial charge in [0.25, 0.3) is 0 Å². The van der Waals surface area contributed by atoms with Gasteiger partial charge in [-0.3, -0.25) is 19.5 Å². The Bertz CT molecular complexity index is 905. The van der Waals surface area contributed by atoms with Crippen LogP contribution in [0.2, 0.25) is 0 Å². The van der Waals surface area contributed by atoms with E-state index in [1.165, 1.54) is 0 Å². The fourth-order valence-corrected chi connectivity index (χ4v) is 4.00. The summed E-state index contributed by atoms with van der Waals surface area (Å²) in [7, 11) is 0. The van der Waals surface area contributed by atoms with Crippen molar-refractivity contribution in [1.29, 1.82) is 0 Å². The Hall–Kier alpha value is -2.95. The van der Waals surface area contributed by atoms with Gasteiger partial charge >= 0.3 is 0 Å². The van der Waals surface area contributed by atoms with Gasteiger partial charge < -0.3 is 5.32 Å². The maximum Gasteiger partial charge on any atom is 0.227 e. The lowest BCUT2D eigenvalue weighted by molar-refractivity contribution is -0.119. The van der Waals surface area contributed by atoms with Crippen LogP contribution in [-0.4, -0.2) is 16.7 Å². The summed E-state index contributed by atoms with van der Waals surface area (Å²) in [5.74, 6) is 0.132. The van der Waals surface area contributed by atoms with Gasteiger partial charge in [0.1, 0.15) is 0 Å². The number of aromatic nitrogens is 1. The Morgan fingerprint density at radius 1 is 1.22 bits per heavy atom. The van der Waals surface area contributed by atoms with E-state index < -0.39 is 6.04 Å². The summed E-state index contributed by atoms with van der Waals surface area (Å²) >= 11 is 0. The zero-order valence-corrected chi connectivity index (χ0v) is 15.4. The van der Waals surface area contributed by atoms with Gasteiger partial charge in [0, 0.05) is 36.5 Å². The highest BCUT2D eigenvalue weighted by molar-refractivity contribution is 6.06. The molecule has 1 aliphatic heterocycles. The molecule has 5 heteroatoms. The highest BCUT2D eigenvalue weighted by Crippen LogP contribution is 2.44. The van der Waals surface area contributed by atoms with Gasteiger partial charge in [-0.2, -0.15) is 0 Å². The van der Waals surface area contributed by atoms with E-state index in [4.69, 9.17) is 0 Å². The fourth-order valence-electron chi connectivity index (χ4n) is 4.00. The van der Waals surface area contributed by atoms with Crippen molar-refractivity contribution in [2.24, 2.45) is 0 Å². The maximum atomic E-state index is 13.2. The number of nitrogens with zero attached hydrogens (tertiary/aromatic N) is 2. The zero-order chi connectivity index (χ0) is 18.8. The Morgan fingerprint density at radius 3 is 2.85 bits per heavy atom. The summed E-state index contributed by atoms with van der Waals surface area (Å²) in [5.41, 5.74) is 4.18. The minimum atomic E-state index is -0.448. The van der Waals surface area contributed by atoms with Gasteiger partial charge in [-0.05, 0) is 43.0 Å². The first-order chi connectivity index (χ1) is 13.2. The zero-order valence-electron chi connectivity index (χ0n) is 15.4. The number of hydrogen-bond donors (Lipinski definition) is 1. The van der Waals surface area contributed by atoms with Crippen LogP contribution in [0.5, 0.6) is 0 Å². The van der Waals surface area contributed by atoms with Crippen LogP contribution in [-0.2, 0) is 9.59 Å². The Kier molecular flexibility index (Phi) is 4.75. The number of para-hydroxylation sites is 2. The molecule has 4 rings (SSSR count). The average molecular weight is 361 g/mol. The maximum absolute atomic E-state index is 13.2. The normalized spacial score (nSPS) is 19.1. The summed E-state index contributed by atoms with van der Waals surface area (Å²) in [6.45, 7) is 2.00. The molecule has 2 heterocycles. The number of allylic oxidation sites excluding steroid dienone is 1. The van der Waals surface area contributed by atoms with Crippen LogP contribution in [0, 0.1) is 0 Å². The molecule has 1 aromatic carbocycles. The van der Waals surface area contributed by atoms with Gasteiger partial charge in [-0.1, -0.05) is 25.1 Å². The van der Waals surface area contributed by atoms with Crippen LogP contribution in [0.4, 0.5) is 11.4 Å². The number of benzene rings is 1. The SMILES string of the molecule is CCCC(=O)N1c2ccccc2NC2=C(C(=O)CCC2)C1c1cccnc1. The monoisotopic (exact) mass is 361 g/mol.